The summed E-state index contributed by atoms with van der Waals surface area (Å²) in [7, 11) is 0. The molecule has 2 N–H and O–H groups in total. The Morgan fingerprint density at radius 3 is 2.52 bits per heavy atom. The minimum Gasteiger partial charge on any atom is -0.375 e. The molecule has 0 aromatic rings. The highest BCUT2D eigenvalue weighted by Crippen LogP contribution is 2.52. The van der Waals surface area contributed by atoms with Crippen molar-refractivity contribution in [1.82, 2.24) is 9.80 Å². The molecule has 5 unspecified atom stereocenters. The predicted octanol–water partition coefficient (Wildman–Crippen LogP) is 0.447. The summed E-state index contributed by atoms with van der Waals surface area (Å²) in [5.41, 5.74) is 6.03. The van der Waals surface area contributed by atoms with E-state index < -0.39 is 0 Å². The van der Waals surface area contributed by atoms with Gasteiger partial charge in [0.25, 0.3) is 0 Å². The zero-order chi connectivity index (χ0) is 16.8. The Labute approximate surface area is 164 Å². The van der Waals surface area contributed by atoms with Crippen molar-refractivity contribution in [3.8, 4) is 0 Å². The zero-order valence-corrected chi connectivity index (χ0v) is 16.7. The molecular weight excluding hydrogens is 435 g/mol. The molecule has 8 heteroatoms. The van der Waals surface area contributed by atoms with E-state index in [0.29, 0.717) is 25.7 Å². The molecule has 138 valence electrons. The molecule has 0 radical (unpaired) electrons. The average molecular weight is 460 g/mol. The Kier molecular flexibility index (Phi) is 5.38. The molecule has 2 saturated heterocycles. The maximum Gasteiger partial charge on any atom is 0.233 e. The lowest BCUT2D eigenvalue weighted by Crippen LogP contribution is -2.48. The van der Waals surface area contributed by atoms with Gasteiger partial charge < -0.3 is 15.4 Å². The van der Waals surface area contributed by atoms with Crippen molar-refractivity contribution in [1.29, 1.82) is 0 Å². The number of amides is 2. The summed E-state index contributed by atoms with van der Waals surface area (Å²) in [6.07, 6.45) is 5.31. The first-order valence-electron chi connectivity index (χ1n) is 8.76. The maximum absolute atomic E-state index is 12.6. The van der Waals surface area contributed by atoms with Crippen LogP contribution in [0.3, 0.4) is 0 Å². The van der Waals surface area contributed by atoms with Gasteiger partial charge in [0.05, 0.1) is 31.1 Å². The van der Waals surface area contributed by atoms with Crippen LogP contribution in [0.5, 0.6) is 0 Å². The Morgan fingerprint density at radius 1 is 1.28 bits per heavy atom. The van der Waals surface area contributed by atoms with Crippen molar-refractivity contribution in [2.75, 3.05) is 32.8 Å². The van der Waals surface area contributed by atoms with Crippen molar-refractivity contribution in [2.45, 2.75) is 19.4 Å². The molecule has 0 aromatic carbocycles. The number of imide groups is 1. The largest absolute Gasteiger partial charge is 0.375 e. The maximum atomic E-state index is 12.6. The van der Waals surface area contributed by atoms with Crippen LogP contribution in [0.25, 0.3) is 0 Å². The molecule has 5 atom stereocenters. The quantitative estimate of drug-likeness (QED) is 0.217. The first-order chi connectivity index (χ1) is 11.6. The molecule has 3 fully saturated rings. The molecule has 2 aliphatic heterocycles. The molecule has 2 bridgehead atoms. The lowest BCUT2D eigenvalue weighted by molar-refractivity contribution is -0.140. The van der Waals surface area contributed by atoms with E-state index in [1.54, 1.807) is 0 Å². The van der Waals surface area contributed by atoms with E-state index in [2.05, 4.69) is 17.1 Å². The van der Waals surface area contributed by atoms with Crippen LogP contribution in [-0.2, 0) is 14.3 Å². The normalized spacial score (nSPS) is 36.8. The zero-order valence-electron chi connectivity index (χ0n) is 14.3. The van der Waals surface area contributed by atoms with Crippen LogP contribution in [0.15, 0.2) is 17.1 Å². The van der Waals surface area contributed by atoms with E-state index in [4.69, 9.17) is 10.5 Å². The van der Waals surface area contributed by atoms with Crippen molar-refractivity contribution >= 4 is 41.8 Å². The van der Waals surface area contributed by atoms with Gasteiger partial charge in [-0.1, -0.05) is 12.2 Å². The smallest absolute Gasteiger partial charge is 0.233 e. The number of rotatable bonds is 3. The van der Waals surface area contributed by atoms with E-state index in [1.807, 2.05) is 11.8 Å². The van der Waals surface area contributed by atoms with Gasteiger partial charge in [0.15, 0.2) is 5.96 Å². The molecule has 7 nitrogen and oxygen atoms in total. The van der Waals surface area contributed by atoms with E-state index in [0.717, 1.165) is 19.5 Å². The third kappa shape index (κ3) is 3.18. The van der Waals surface area contributed by atoms with Gasteiger partial charge in [0.2, 0.25) is 11.8 Å². The fourth-order valence-electron chi connectivity index (χ4n) is 4.58. The number of carbonyl (C=O) groups excluding carboxylic acids is 2. The third-order valence-electron chi connectivity index (χ3n) is 5.72. The number of fused-ring (bicyclic) bond motifs is 5. The molecule has 2 heterocycles. The second-order valence-corrected chi connectivity index (χ2v) is 7.20. The number of hydrogen-bond acceptors (Lipinski definition) is 4. The lowest BCUT2D eigenvalue weighted by atomic mass is 9.85. The van der Waals surface area contributed by atoms with E-state index in [9.17, 15) is 9.59 Å². The second kappa shape index (κ2) is 7.22. The molecule has 2 aliphatic carbocycles. The van der Waals surface area contributed by atoms with E-state index in [-0.39, 0.29) is 65.6 Å². The summed E-state index contributed by atoms with van der Waals surface area (Å²) in [6.45, 7) is 4.76. The third-order valence-corrected chi connectivity index (χ3v) is 5.72. The molecule has 25 heavy (non-hydrogen) atoms. The first kappa shape index (κ1) is 18.6. The Hall–Kier alpha value is -1.16. The van der Waals surface area contributed by atoms with Gasteiger partial charge in [-0.15, -0.1) is 24.0 Å². The number of likely N-dealkylation sites (tertiary alicyclic amines) is 1. The van der Waals surface area contributed by atoms with Crippen LogP contribution < -0.4 is 5.73 Å². The number of nitrogens with zero attached hydrogens (tertiary/aromatic N) is 3. The van der Waals surface area contributed by atoms with E-state index >= 15 is 0 Å². The molecule has 1 saturated carbocycles. The highest BCUT2D eigenvalue weighted by atomic mass is 127. The summed E-state index contributed by atoms with van der Waals surface area (Å²) in [6, 6.07) is 0. The second-order valence-electron chi connectivity index (χ2n) is 7.20. The number of aliphatic imine (C=N–C) groups is 1. The van der Waals surface area contributed by atoms with Crippen LogP contribution in [0, 0.1) is 23.7 Å². The minimum absolute atomic E-state index is 0. The molecule has 4 rings (SSSR count). The number of allylic oxidation sites excluding steroid dienone is 2. The van der Waals surface area contributed by atoms with Crippen molar-refractivity contribution < 1.29 is 14.3 Å². The summed E-state index contributed by atoms with van der Waals surface area (Å²) in [5, 5.41) is 0. The lowest BCUT2D eigenvalue weighted by Gasteiger charge is -2.31. The summed E-state index contributed by atoms with van der Waals surface area (Å²) in [5.74, 6) is 0.676. The first-order valence-corrected chi connectivity index (χ1v) is 8.76. The molecular formula is C17H25IN4O3. The van der Waals surface area contributed by atoms with Gasteiger partial charge in [0.1, 0.15) is 0 Å². The number of carbonyl (C=O) groups is 2. The van der Waals surface area contributed by atoms with Gasteiger partial charge in [-0.05, 0) is 25.2 Å². The Morgan fingerprint density at radius 2 is 1.92 bits per heavy atom. The predicted molar refractivity (Wildman–Crippen MR) is 103 cm³/mol. The van der Waals surface area contributed by atoms with Crippen LogP contribution in [0.2, 0.25) is 0 Å². The molecule has 2 amide bonds. The molecule has 0 aromatic heterocycles. The number of halogens is 1. The van der Waals surface area contributed by atoms with Crippen LogP contribution in [-0.4, -0.2) is 66.5 Å². The topological polar surface area (TPSA) is 88.2 Å². The SMILES string of the molecule is CC1CN(C(N)=NCCN2C(=O)C3C4C=CC(C4)C3C2=O)CCO1.I. The van der Waals surface area contributed by atoms with Crippen LogP contribution in [0.1, 0.15) is 13.3 Å². The number of guanidine groups is 1. The van der Waals surface area contributed by atoms with Crippen LogP contribution in [0.4, 0.5) is 0 Å². The number of ether oxygens (including phenoxy) is 1. The van der Waals surface area contributed by atoms with E-state index in [1.165, 1.54) is 4.90 Å². The monoisotopic (exact) mass is 460 g/mol. The Bertz CT molecular complexity index is 593. The van der Waals surface area contributed by atoms with Gasteiger partial charge in [-0.3, -0.25) is 19.5 Å². The highest BCUT2D eigenvalue weighted by molar-refractivity contribution is 14.0. The van der Waals surface area contributed by atoms with Crippen LogP contribution >= 0.6 is 24.0 Å². The number of morpholine rings is 1. The summed E-state index contributed by atoms with van der Waals surface area (Å²) >= 11 is 0. The highest BCUT2D eigenvalue weighted by Gasteiger charge is 2.58. The molecule has 4 aliphatic rings. The van der Waals surface area contributed by atoms with Crippen molar-refractivity contribution in [3.63, 3.8) is 0 Å². The van der Waals surface area contributed by atoms with Crippen molar-refractivity contribution in [3.05, 3.63) is 12.2 Å². The number of hydrogen-bond donors (Lipinski definition) is 1. The fraction of sp³-hybridized carbons (Fsp3) is 0.706. The standard InChI is InChI=1S/C17H24N4O3.HI/c1-10-9-20(6-7-24-10)17(18)19-4-5-21-15(22)13-11-2-3-12(8-11)14(13)16(21)23;/h2-3,10-14H,4-9H2,1H3,(H2,18,19);1H. The van der Waals surface area contributed by atoms with Gasteiger partial charge >= 0.3 is 0 Å². The van der Waals surface area contributed by atoms with Gasteiger partial charge in [0, 0.05) is 19.6 Å². The average Bonchev–Trinajstić information content (AvgIpc) is 3.24. The van der Waals surface area contributed by atoms with Gasteiger partial charge in [-0.2, -0.15) is 0 Å². The fourth-order valence-corrected chi connectivity index (χ4v) is 4.58. The number of nitrogens with two attached hydrogens (primary N) is 1. The summed E-state index contributed by atoms with van der Waals surface area (Å²) < 4.78 is 5.48. The van der Waals surface area contributed by atoms with Crippen molar-refractivity contribution in [2.24, 2.45) is 34.4 Å². The molecule has 0 spiro atoms. The minimum atomic E-state index is -0.131. The van der Waals surface area contributed by atoms with Gasteiger partial charge in [-0.25, -0.2) is 0 Å². The summed E-state index contributed by atoms with van der Waals surface area (Å²) in [4.78, 5) is 32.9. The Balaban J connectivity index is 0.00000182.